The second-order valence-electron chi connectivity index (χ2n) is 6.91. The predicted octanol–water partition coefficient (Wildman–Crippen LogP) is 3.89. The monoisotopic (exact) mass is 402 g/mol. The molecule has 0 unspecified atom stereocenters. The average Bonchev–Trinajstić information content (AvgIpc) is 2.73. The maximum atomic E-state index is 12.3. The summed E-state index contributed by atoms with van der Waals surface area (Å²) >= 11 is 0. The summed E-state index contributed by atoms with van der Waals surface area (Å²) in [4.78, 5) is 27.0. The number of ether oxygens (including phenoxy) is 1. The van der Waals surface area contributed by atoms with Gasteiger partial charge in [-0.3, -0.25) is 4.79 Å². The normalized spacial score (nSPS) is 10.8. The smallest absolute Gasteiger partial charge is 0.285 e. The molecule has 0 saturated carbocycles. The Morgan fingerprint density at radius 2 is 1.67 bits per heavy atom. The molecule has 0 amide bonds. The van der Waals surface area contributed by atoms with Crippen LogP contribution in [0, 0.1) is 13.8 Å². The van der Waals surface area contributed by atoms with Crippen LogP contribution < -0.4 is 20.5 Å². The third-order valence-electron chi connectivity index (χ3n) is 4.94. The number of nitrogens with zero attached hydrogens (tertiary/aromatic N) is 3. The van der Waals surface area contributed by atoms with Gasteiger partial charge in [-0.15, -0.1) is 4.73 Å². The maximum Gasteiger partial charge on any atom is 0.285 e. The zero-order chi connectivity index (χ0) is 21.3. The summed E-state index contributed by atoms with van der Waals surface area (Å²) in [6.45, 7) is 4.08. The summed E-state index contributed by atoms with van der Waals surface area (Å²) in [7, 11) is 3.05. The summed E-state index contributed by atoms with van der Waals surface area (Å²) in [5.41, 5.74) is 4.75. The highest BCUT2D eigenvalue weighted by Crippen LogP contribution is 2.32. The Hall–Kier alpha value is -3.87. The molecule has 0 saturated heterocycles. The van der Waals surface area contributed by atoms with Crippen LogP contribution >= 0.6 is 0 Å². The number of nitrogens with one attached hydrogen (secondary N) is 1. The predicted molar refractivity (Wildman–Crippen MR) is 117 cm³/mol. The molecule has 0 aliphatic rings. The van der Waals surface area contributed by atoms with Crippen molar-refractivity contribution in [1.82, 2.24) is 14.7 Å². The van der Waals surface area contributed by atoms with Gasteiger partial charge in [0.15, 0.2) is 5.65 Å². The Morgan fingerprint density at radius 3 is 2.37 bits per heavy atom. The van der Waals surface area contributed by atoms with Crippen molar-refractivity contribution in [3.05, 3.63) is 76.1 Å². The Morgan fingerprint density at radius 1 is 0.933 bits per heavy atom. The molecule has 0 radical (unpaired) electrons. The summed E-state index contributed by atoms with van der Waals surface area (Å²) < 4.78 is 6.46. The van der Waals surface area contributed by atoms with Gasteiger partial charge in [-0.25, -0.2) is 4.98 Å². The van der Waals surface area contributed by atoms with E-state index in [0.29, 0.717) is 17.3 Å². The zero-order valence-corrected chi connectivity index (χ0v) is 17.3. The molecule has 1 N–H and O–H groups in total. The highest BCUT2D eigenvalue weighted by molar-refractivity contribution is 5.93. The van der Waals surface area contributed by atoms with E-state index >= 15 is 0 Å². The minimum atomic E-state index is -0.302. The van der Waals surface area contributed by atoms with Crippen molar-refractivity contribution in [3.8, 4) is 17.0 Å². The minimum absolute atomic E-state index is 0.302. The van der Waals surface area contributed by atoms with Gasteiger partial charge in [0.2, 0.25) is 5.95 Å². The minimum Gasteiger partial charge on any atom is -0.497 e. The molecule has 0 aliphatic heterocycles. The van der Waals surface area contributed by atoms with Crippen molar-refractivity contribution in [2.24, 2.45) is 0 Å². The zero-order valence-electron chi connectivity index (χ0n) is 17.3. The standard InChI is InChI=1S/C23H22N4O3/c1-14-7-5-8-15(2)20(14)21-18-11-12-19(28)27(30-4)22(18)26-23(25-21)24-16-9-6-10-17(13-16)29-3/h5-13H,1-4H3,(H,24,25,26). The first-order valence-electron chi connectivity index (χ1n) is 9.48. The molecule has 152 valence electrons. The fourth-order valence-electron chi connectivity index (χ4n) is 3.53. The molecular formula is C23H22N4O3. The van der Waals surface area contributed by atoms with Crippen LogP contribution in [0.1, 0.15) is 11.1 Å². The number of fused-ring (bicyclic) bond motifs is 1. The fourth-order valence-corrected chi connectivity index (χ4v) is 3.53. The summed E-state index contributed by atoms with van der Waals surface area (Å²) in [6.07, 6.45) is 0. The van der Waals surface area contributed by atoms with E-state index in [1.807, 2.05) is 56.3 Å². The van der Waals surface area contributed by atoms with Gasteiger partial charge in [0.05, 0.1) is 12.8 Å². The second-order valence-corrected chi connectivity index (χ2v) is 6.91. The average molecular weight is 402 g/mol. The highest BCUT2D eigenvalue weighted by Gasteiger charge is 2.17. The fraction of sp³-hybridized carbons (Fsp3) is 0.174. The third kappa shape index (κ3) is 3.45. The lowest BCUT2D eigenvalue weighted by Crippen LogP contribution is -2.25. The largest absolute Gasteiger partial charge is 0.497 e. The number of benzene rings is 2. The summed E-state index contributed by atoms with van der Waals surface area (Å²) in [6, 6.07) is 16.8. The Kier molecular flexibility index (Phi) is 5.10. The lowest BCUT2D eigenvalue weighted by atomic mass is 9.98. The van der Waals surface area contributed by atoms with E-state index in [4.69, 9.17) is 14.6 Å². The molecule has 4 aromatic rings. The SMILES string of the molecule is COc1cccc(Nc2nc(-c3c(C)cccc3C)c3ccc(=O)n(OC)c3n2)c1. The lowest BCUT2D eigenvalue weighted by molar-refractivity contribution is 0.167. The topological polar surface area (TPSA) is 78.3 Å². The van der Waals surface area contributed by atoms with Crippen LogP contribution in [0.4, 0.5) is 11.6 Å². The van der Waals surface area contributed by atoms with Gasteiger partial charge in [0.25, 0.3) is 5.56 Å². The first kappa shape index (κ1) is 19.4. The number of methoxy groups -OCH3 is 1. The van der Waals surface area contributed by atoms with E-state index in [1.165, 1.54) is 17.9 Å². The quantitative estimate of drug-likeness (QED) is 0.546. The lowest BCUT2D eigenvalue weighted by Gasteiger charge is -2.16. The maximum absolute atomic E-state index is 12.3. The van der Waals surface area contributed by atoms with Crippen LogP contribution in [0.5, 0.6) is 5.75 Å². The van der Waals surface area contributed by atoms with Gasteiger partial charge in [0, 0.05) is 28.8 Å². The number of pyridine rings is 1. The van der Waals surface area contributed by atoms with Gasteiger partial charge in [-0.05, 0) is 43.2 Å². The van der Waals surface area contributed by atoms with Gasteiger partial charge in [-0.2, -0.15) is 4.98 Å². The van der Waals surface area contributed by atoms with E-state index in [0.717, 1.165) is 33.5 Å². The van der Waals surface area contributed by atoms with Gasteiger partial charge in [0.1, 0.15) is 12.9 Å². The first-order valence-corrected chi connectivity index (χ1v) is 9.48. The molecule has 0 spiro atoms. The van der Waals surface area contributed by atoms with Gasteiger partial charge < -0.3 is 14.9 Å². The Labute approximate surface area is 173 Å². The number of aryl methyl sites for hydroxylation is 2. The van der Waals surface area contributed by atoms with Crippen LogP contribution in [0.15, 0.2) is 59.4 Å². The highest BCUT2D eigenvalue weighted by atomic mass is 16.6. The molecule has 2 aromatic heterocycles. The van der Waals surface area contributed by atoms with E-state index < -0.39 is 0 Å². The van der Waals surface area contributed by atoms with Gasteiger partial charge >= 0.3 is 0 Å². The molecule has 0 bridgehead atoms. The molecule has 7 heteroatoms. The van der Waals surface area contributed by atoms with E-state index in [9.17, 15) is 4.79 Å². The van der Waals surface area contributed by atoms with Crippen molar-refractivity contribution in [2.45, 2.75) is 13.8 Å². The van der Waals surface area contributed by atoms with Crippen molar-refractivity contribution in [1.29, 1.82) is 0 Å². The number of rotatable bonds is 5. The van der Waals surface area contributed by atoms with E-state index in [1.54, 1.807) is 13.2 Å². The van der Waals surface area contributed by atoms with Crippen LogP contribution in [0.2, 0.25) is 0 Å². The molecule has 30 heavy (non-hydrogen) atoms. The Bertz CT molecular complexity index is 1280. The number of hydrogen-bond donors (Lipinski definition) is 1. The molecule has 2 aromatic carbocycles. The molecule has 0 fully saturated rings. The van der Waals surface area contributed by atoms with Crippen molar-refractivity contribution < 1.29 is 9.57 Å². The molecule has 4 rings (SSSR count). The van der Waals surface area contributed by atoms with Crippen LogP contribution in [-0.2, 0) is 0 Å². The number of aromatic nitrogens is 3. The molecule has 2 heterocycles. The summed E-state index contributed by atoms with van der Waals surface area (Å²) in [5, 5.41) is 3.94. The molecule has 0 atom stereocenters. The third-order valence-corrected chi connectivity index (χ3v) is 4.94. The first-order chi connectivity index (χ1) is 14.5. The van der Waals surface area contributed by atoms with Crippen molar-refractivity contribution in [2.75, 3.05) is 19.5 Å². The second kappa shape index (κ2) is 7.87. The van der Waals surface area contributed by atoms with E-state index in [-0.39, 0.29) is 5.56 Å². The summed E-state index contributed by atoms with van der Waals surface area (Å²) in [5.74, 6) is 1.06. The van der Waals surface area contributed by atoms with Gasteiger partial charge in [-0.1, -0.05) is 24.3 Å². The van der Waals surface area contributed by atoms with Crippen LogP contribution in [0.3, 0.4) is 0 Å². The Balaban J connectivity index is 1.99. The van der Waals surface area contributed by atoms with Crippen molar-refractivity contribution >= 4 is 22.7 Å². The van der Waals surface area contributed by atoms with Crippen LogP contribution in [-0.4, -0.2) is 28.9 Å². The molecular weight excluding hydrogens is 380 g/mol. The van der Waals surface area contributed by atoms with Crippen LogP contribution in [0.25, 0.3) is 22.3 Å². The molecule has 7 nitrogen and oxygen atoms in total. The number of anilines is 2. The number of hydrogen-bond acceptors (Lipinski definition) is 6. The van der Waals surface area contributed by atoms with Crippen molar-refractivity contribution in [3.63, 3.8) is 0 Å². The van der Waals surface area contributed by atoms with E-state index in [2.05, 4.69) is 10.3 Å². The molecule has 0 aliphatic carbocycles.